The van der Waals surface area contributed by atoms with Gasteiger partial charge in [-0.15, -0.1) is 0 Å². The van der Waals surface area contributed by atoms with E-state index in [1.165, 1.54) is 6.07 Å². The zero-order valence-corrected chi connectivity index (χ0v) is 10.8. The standard InChI is InChI=1S/C14H11N3O4/c18-12-11-9(16-14(20)17-12)6-10(15-11)13(19)21-7-8-4-2-1-3-5-8/h1-6,15H,7H2,(H2,16,17,18,20). The maximum absolute atomic E-state index is 11.9. The fraction of sp³-hybridized carbons (Fsp3) is 0.0714. The molecule has 0 aliphatic carbocycles. The zero-order chi connectivity index (χ0) is 14.8. The lowest BCUT2D eigenvalue weighted by Gasteiger charge is -2.02. The Kier molecular flexibility index (Phi) is 3.15. The van der Waals surface area contributed by atoms with Crippen molar-refractivity contribution < 1.29 is 9.53 Å². The summed E-state index contributed by atoms with van der Waals surface area (Å²) in [6.07, 6.45) is 0. The van der Waals surface area contributed by atoms with Crippen molar-refractivity contribution in [2.24, 2.45) is 0 Å². The van der Waals surface area contributed by atoms with Crippen molar-refractivity contribution >= 4 is 17.0 Å². The van der Waals surface area contributed by atoms with E-state index in [0.29, 0.717) is 0 Å². The Hall–Kier alpha value is -3.09. The molecule has 0 spiro atoms. The molecule has 0 saturated carbocycles. The second kappa shape index (κ2) is 5.12. The van der Waals surface area contributed by atoms with E-state index in [-0.39, 0.29) is 23.3 Å². The fourth-order valence-corrected chi connectivity index (χ4v) is 1.96. The van der Waals surface area contributed by atoms with Crippen LogP contribution in [0.15, 0.2) is 46.0 Å². The molecule has 0 atom stereocenters. The van der Waals surface area contributed by atoms with Gasteiger partial charge >= 0.3 is 11.7 Å². The molecule has 0 unspecified atom stereocenters. The molecular weight excluding hydrogens is 274 g/mol. The van der Waals surface area contributed by atoms with Gasteiger partial charge in [0.05, 0.1) is 5.52 Å². The average Bonchev–Trinajstić information content (AvgIpc) is 2.90. The molecule has 0 fully saturated rings. The molecule has 0 bridgehead atoms. The van der Waals surface area contributed by atoms with Crippen LogP contribution in [0.4, 0.5) is 0 Å². The number of aromatic amines is 3. The summed E-state index contributed by atoms with van der Waals surface area (Å²) in [5, 5.41) is 0. The maximum Gasteiger partial charge on any atom is 0.355 e. The Balaban J connectivity index is 1.83. The van der Waals surface area contributed by atoms with E-state index in [4.69, 9.17) is 4.74 Å². The van der Waals surface area contributed by atoms with Crippen molar-refractivity contribution in [1.82, 2.24) is 15.0 Å². The van der Waals surface area contributed by atoms with Gasteiger partial charge in [-0.3, -0.25) is 9.78 Å². The highest BCUT2D eigenvalue weighted by atomic mass is 16.5. The molecule has 2 aromatic heterocycles. The number of carbonyl (C=O) groups is 1. The summed E-state index contributed by atoms with van der Waals surface area (Å²) in [7, 11) is 0. The topological polar surface area (TPSA) is 108 Å². The van der Waals surface area contributed by atoms with Crippen molar-refractivity contribution in [3.63, 3.8) is 0 Å². The fourth-order valence-electron chi connectivity index (χ4n) is 1.96. The van der Waals surface area contributed by atoms with E-state index in [1.807, 2.05) is 30.3 Å². The summed E-state index contributed by atoms with van der Waals surface area (Å²) in [5.41, 5.74) is 0.129. The molecule has 0 aliphatic rings. The van der Waals surface area contributed by atoms with Crippen molar-refractivity contribution in [1.29, 1.82) is 0 Å². The van der Waals surface area contributed by atoms with Crippen LogP contribution in [-0.2, 0) is 11.3 Å². The van der Waals surface area contributed by atoms with Crippen LogP contribution < -0.4 is 11.2 Å². The van der Waals surface area contributed by atoms with Crippen LogP contribution >= 0.6 is 0 Å². The first kappa shape index (κ1) is 12.9. The predicted octanol–water partition coefficient (Wildman–Crippen LogP) is 0.901. The predicted molar refractivity (Wildman–Crippen MR) is 75.1 cm³/mol. The molecule has 0 saturated heterocycles. The van der Waals surface area contributed by atoms with Gasteiger partial charge in [0.25, 0.3) is 5.56 Å². The lowest BCUT2D eigenvalue weighted by molar-refractivity contribution is 0.0467. The van der Waals surface area contributed by atoms with E-state index < -0.39 is 17.2 Å². The third-order valence-electron chi connectivity index (χ3n) is 2.95. The highest BCUT2D eigenvalue weighted by Crippen LogP contribution is 2.10. The summed E-state index contributed by atoms with van der Waals surface area (Å²) < 4.78 is 5.14. The molecule has 3 aromatic rings. The minimum atomic E-state index is -0.629. The van der Waals surface area contributed by atoms with Crippen LogP contribution in [-0.4, -0.2) is 20.9 Å². The molecule has 106 valence electrons. The van der Waals surface area contributed by atoms with Gasteiger partial charge in [-0.1, -0.05) is 30.3 Å². The number of aromatic nitrogens is 3. The van der Waals surface area contributed by atoms with Gasteiger partial charge in [0.15, 0.2) is 0 Å². The van der Waals surface area contributed by atoms with Crippen LogP contribution in [0.2, 0.25) is 0 Å². The van der Waals surface area contributed by atoms with Crippen molar-refractivity contribution in [3.8, 4) is 0 Å². The largest absolute Gasteiger partial charge is 0.456 e. The molecule has 7 heteroatoms. The first-order valence-corrected chi connectivity index (χ1v) is 6.20. The summed E-state index contributed by atoms with van der Waals surface area (Å²) in [6, 6.07) is 10.6. The molecule has 3 N–H and O–H groups in total. The van der Waals surface area contributed by atoms with Gasteiger partial charge in [0.2, 0.25) is 0 Å². The van der Waals surface area contributed by atoms with E-state index in [0.717, 1.165) is 5.56 Å². The molecule has 0 amide bonds. The lowest BCUT2D eigenvalue weighted by Crippen LogP contribution is -2.21. The van der Waals surface area contributed by atoms with Gasteiger partial charge in [0, 0.05) is 0 Å². The van der Waals surface area contributed by atoms with Gasteiger partial charge in [-0.05, 0) is 11.6 Å². The number of carbonyl (C=O) groups excluding carboxylic acids is 1. The third-order valence-corrected chi connectivity index (χ3v) is 2.95. The molecular formula is C14H11N3O4. The Morgan fingerprint density at radius 2 is 1.81 bits per heavy atom. The number of benzene rings is 1. The average molecular weight is 285 g/mol. The molecule has 3 rings (SSSR count). The number of H-pyrrole nitrogens is 3. The summed E-state index contributed by atoms with van der Waals surface area (Å²) in [6.45, 7) is 0.127. The molecule has 0 radical (unpaired) electrons. The number of ether oxygens (including phenoxy) is 1. The number of fused-ring (bicyclic) bond motifs is 1. The number of rotatable bonds is 3. The normalized spacial score (nSPS) is 10.7. The maximum atomic E-state index is 11.9. The highest BCUT2D eigenvalue weighted by Gasteiger charge is 2.13. The SMILES string of the molecule is O=C(OCc1ccccc1)c1cc2[nH]c(=O)[nH]c(=O)c2[nH]1. The molecule has 7 nitrogen and oxygen atoms in total. The summed E-state index contributed by atoms with van der Waals surface area (Å²) >= 11 is 0. The summed E-state index contributed by atoms with van der Waals surface area (Å²) in [5.74, 6) is -0.602. The van der Waals surface area contributed by atoms with E-state index in [9.17, 15) is 14.4 Å². The Labute approximate surface area is 117 Å². The van der Waals surface area contributed by atoms with Gasteiger partial charge in [0.1, 0.15) is 17.8 Å². The minimum absolute atomic E-state index is 0.105. The van der Waals surface area contributed by atoms with Gasteiger partial charge in [-0.2, -0.15) is 0 Å². The number of hydrogen-bond acceptors (Lipinski definition) is 4. The van der Waals surface area contributed by atoms with Crippen LogP contribution in [0.25, 0.3) is 11.0 Å². The first-order chi connectivity index (χ1) is 10.1. The third kappa shape index (κ3) is 2.62. The number of nitrogens with one attached hydrogen (secondary N) is 3. The molecule has 21 heavy (non-hydrogen) atoms. The second-order valence-electron chi connectivity index (χ2n) is 4.44. The molecule has 1 aromatic carbocycles. The van der Waals surface area contributed by atoms with Crippen molar-refractivity contribution in [2.45, 2.75) is 6.61 Å². The quantitative estimate of drug-likeness (QED) is 0.621. The highest BCUT2D eigenvalue weighted by molar-refractivity contribution is 5.93. The van der Waals surface area contributed by atoms with Gasteiger partial charge < -0.3 is 14.7 Å². The monoisotopic (exact) mass is 285 g/mol. The lowest BCUT2D eigenvalue weighted by atomic mass is 10.2. The Bertz CT molecular complexity index is 905. The Morgan fingerprint density at radius 1 is 1.05 bits per heavy atom. The second-order valence-corrected chi connectivity index (χ2v) is 4.44. The van der Waals surface area contributed by atoms with Crippen LogP contribution in [0.1, 0.15) is 16.1 Å². The van der Waals surface area contributed by atoms with E-state index in [1.54, 1.807) is 0 Å². The zero-order valence-electron chi connectivity index (χ0n) is 10.8. The minimum Gasteiger partial charge on any atom is -0.456 e. The first-order valence-electron chi connectivity index (χ1n) is 6.20. The summed E-state index contributed by atoms with van der Waals surface area (Å²) in [4.78, 5) is 41.8. The van der Waals surface area contributed by atoms with Crippen LogP contribution in [0.5, 0.6) is 0 Å². The van der Waals surface area contributed by atoms with Crippen molar-refractivity contribution in [3.05, 3.63) is 68.5 Å². The number of esters is 1. The molecule has 2 heterocycles. The van der Waals surface area contributed by atoms with Crippen LogP contribution in [0, 0.1) is 0 Å². The molecule has 0 aliphatic heterocycles. The van der Waals surface area contributed by atoms with Crippen LogP contribution in [0.3, 0.4) is 0 Å². The van der Waals surface area contributed by atoms with E-state index in [2.05, 4.69) is 15.0 Å². The Morgan fingerprint density at radius 3 is 2.57 bits per heavy atom. The van der Waals surface area contributed by atoms with Gasteiger partial charge in [-0.25, -0.2) is 9.59 Å². The van der Waals surface area contributed by atoms with Crippen molar-refractivity contribution in [2.75, 3.05) is 0 Å². The number of hydrogen-bond donors (Lipinski definition) is 3. The smallest absolute Gasteiger partial charge is 0.355 e. The van der Waals surface area contributed by atoms with E-state index >= 15 is 0 Å².